The van der Waals surface area contributed by atoms with Crippen molar-refractivity contribution in [1.29, 1.82) is 0 Å². The molecule has 0 aliphatic heterocycles. The monoisotopic (exact) mass is 276 g/mol. The highest BCUT2D eigenvalue weighted by atomic mass is 32.1. The smallest absolute Gasteiger partial charge is 0.124 e. The molecule has 0 unspecified atom stereocenters. The van der Waals surface area contributed by atoms with Crippen LogP contribution in [0, 0.1) is 6.92 Å². The molecule has 2 rings (SSSR count). The topological polar surface area (TPSA) is 57.5 Å². The zero-order valence-electron chi connectivity index (χ0n) is 11.2. The van der Waals surface area contributed by atoms with Gasteiger partial charge in [-0.1, -0.05) is 24.3 Å². The van der Waals surface area contributed by atoms with Crippen LogP contribution in [0.5, 0.6) is 0 Å². The lowest BCUT2D eigenvalue weighted by molar-refractivity contribution is -0.872. The first-order valence-corrected chi connectivity index (χ1v) is 6.86. The van der Waals surface area contributed by atoms with Crippen LogP contribution < -0.4 is 10.0 Å². The third-order valence-corrected chi connectivity index (χ3v) is 3.93. The van der Waals surface area contributed by atoms with Crippen molar-refractivity contribution in [1.82, 2.24) is 4.98 Å². The van der Waals surface area contributed by atoms with Gasteiger partial charge in [0.1, 0.15) is 11.6 Å². The number of carbonyl (C=O) groups excluding carboxylic acids is 1. The van der Waals surface area contributed by atoms with E-state index < -0.39 is 5.97 Å². The molecule has 2 aromatic rings. The molecule has 0 saturated heterocycles. The number of nitrogens with zero attached hydrogens (tertiary/aromatic N) is 1. The van der Waals surface area contributed by atoms with Crippen LogP contribution in [0.4, 0.5) is 0 Å². The molecular weight excluding hydrogens is 260 g/mol. The standard InChI is InChI=1S/C14H16N2O2S/c1-9-12(14(17)18)19-13(15-9)11-6-4-10(5-7-11)8-16(2)3/h4-7H,8H2,1-3H3,(H,17,18). The van der Waals surface area contributed by atoms with Crippen LogP contribution in [0.2, 0.25) is 0 Å². The van der Waals surface area contributed by atoms with Gasteiger partial charge >= 0.3 is 0 Å². The van der Waals surface area contributed by atoms with E-state index in [-0.39, 0.29) is 4.88 Å². The Labute approximate surface area is 116 Å². The maximum absolute atomic E-state index is 10.9. The van der Waals surface area contributed by atoms with Crippen LogP contribution in [-0.2, 0) is 6.54 Å². The zero-order chi connectivity index (χ0) is 14.0. The fraction of sp³-hybridized carbons (Fsp3) is 0.286. The summed E-state index contributed by atoms with van der Waals surface area (Å²) in [6.07, 6.45) is 0. The number of aryl methyl sites for hydroxylation is 1. The van der Waals surface area contributed by atoms with Crippen molar-refractivity contribution in [3.8, 4) is 10.6 Å². The van der Waals surface area contributed by atoms with Crippen LogP contribution in [0.25, 0.3) is 10.6 Å². The normalized spacial score (nSPS) is 10.9. The minimum absolute atomic E-state index is 0.205. The van der Waals surface area contributed by atoms with Gasteiger partial charge < -0.3 is 14.8 Å². The molecular formula is C14H16N2O2S. The summed E-state index contributed by atoms with van der Waals surface area (Å²) in [6.45, 7) is 2.65. The molecule has 0 radical (unpaired) electrons. The summed E-state index contributed by atoms with van der Waals surface area (Å²) in [5, 5.41) is 11.6. The molecule has 4 nitrogen and oxygen atoms in total. The molecule has 1 aromatic heterocycles. The van der Waals surface area contributed by atoms with Crippen molar-refractivity contribution in [3.63, 3.8) is 0 Å². The van der Waals surface area contributed by atoms with Gasteiger partial charge in [0.05, 0.1) is 30.6 Å². The summed E-state index contributed by atoms with van der Waals surface area (Å²) in [6, 6.07) is 8.07. The van der Waals surface area contributed by atoms with Crippen LogP contribution in [0.1, 0.15) is 20.9 Å². The molecule has 0 bridgehead atoms. The van der Waals surface area contributed by atoms with E-state index in [2.05, 4.69) is 31.2 Å². The molecule has 0 spiro atoms. The second-order valence-electron chi connectivity index (χ2n) is 4.80. The first kappa shape index (κ1) is 13.7. The predicted molar refractivity (Wildman–Crippen MR) is 73.1 cm³/mol. The van der Waals surface area contributed by atoms with Gasteiger partial charge in [-0.25, -0.2) is 4.98 Å². The number of benzene rings is 1. The van der Waals surface area contributed by atoms with Crippen molar-refractivity contribution in [2.45, 2.75) is 13.5 Å². The second kappa shape index (κ2) is 5.50. The predicted octanol–water partition coefficient (Wildman–Crippen LogP) is 0.127. The van der Waals surface area contributed by atoms with Gasteiger partial charge in [0.2, 0.25) is 0 Å². The van der Waals surface area contributed by atoms with Crippen molar-refractivity contribution >= 4 is 17.3 Å². The fourth-order valence-corrected chi connectivity index (χ4v) is 2.79. The second-order valence-corrected chi connectivity index (χ2v) is 5.80. The highest BCUT2D eigenvalue weighted by molar-refractivity contribution is 7.17. The largest absolute Gasteiger partial charge is 0.544 e. The highest BCUT2D eigenvalue weighted by Gasteiger charge is 2.10. The molecule has 1 N–H and O–H groups in total. The Kier molecular flexibility index (Phi) is 3.97. The molecule has 0 amide bonds. The Hall–Kier alpha value is -1.72. The zero-order valence-corrected chi connectivity index (χ0v) is 12.0. The number of carboxylic acids is 1. The Morgan fingerprint density at radius 3 is 2.42 bits per heavy atom. The van der Waals surface area contributed by atoms with Gasteiger partial charge in [0.15, 0.2) is 0 Å². The third kappa shape index (κ3) is 3.19. The van der Waals surface area contributed by atoms with Gasteiger partial charge in [0.25, 0.3) is 0 Å². The SMILES string of the molecule is Cc1nc(-c2ccc(C[NH+](C)C)cc2)sc1C(=O)[O-]. The van der Waals surface area contributed by atoms with E-state index in [9.17, 15) is 9.90 Å². The van der Waals surface area contributed by atoms with Crippen molar-refractivity contribution in [3.05, 3.63) is 40.4 Å². The Balaban J connectivity index is 2.27. The van der Waals surface area contributed by atoms with Crippen molar-refractivity contribution in [2.24, 2.45) is 0 Å². The quantitative estimate of drug-likeness (QED) is 0.863. The van der Waals surface area contributed by atoms with Gasteiger partial charge in [-0.15, -0.1) is 11.3 Å². The summed E-state index contributed by atoms with van der Waals surface area (Å²) in [7, 11) is 4.20. The molecule has 0 aliphatic rings. The summed E-state index contributed by atoms with van der Waals surface area (Å²) in [5.41, 5.74) is 2.71. The number of carbonyl (C=O) groups is 1. The van der Waals surface area contributed by atoms with E-state index in [1.807, 2.05) is 12.1 Å². The van der Waals surface area contributed by atoms with E-state index in [1.165, 1.54) is 10.5 Å². The van der Waals surface area contributed by atoms with Gasteiger partial charge in [-0.3, -0.25) is 0 Å². The average Bonchev–Trinajstić information content (AvgIpc) is 2.71. The molecule has 0 atom stereocenters. The van der Waals surface area contributed by atoms with Gasteiger partial charge in [-0.05, 0) is 6.92 Å². The molecule has 0 aliphatic carbocycles. The Morgan fingerprint density at radius 2 is 1.95 bits per heavy atom. The molecule has 0 fully saturated rings. The minimum Gasteiger partial charge on any atom is -0.544 e. The number of thiazole rings is 1. The maximum atomic E-state index is 10.9. The molecule has 100 valence electrons. The van der Waals surface area contributed by atoms with Crippen LogP contribution in [0.15, 0.2) is 24.3 Å². The van der Waals surface area contributed by atoms with E-state index in [1.54, 1.807) is 6.92 Å². The minimum atomic E-state index is -1.16. The Morgan fingerprint density at radius 1 is 1.32 bits per heavy atom. The third-order valence-electron chi connectivity index (χ3n) is 2.74. The number of nitrogens with one attached hydrogen (secondary N) is 1. The van der Waals surface area contributed by atoms with E-state index in [4.69, 9.17) is 0 Å². The molecule has 0 saturated carbocycles. The Bertz CT molecular complexity index is 588. The number of aromatic carboxylic acids is 1. The lowest BCUT2D eigenvalue weighted by Crippen LogP contribution is -3.04. The molecule has 5 heteroatoms. The van der Waals surface area contributed by atoms with Crippen molar-refractivity contribution < 1.29 is 14.8 Å². The summed E-state index contributed by atoms with van der Waals surface area (Å²) >= 11 is 1.16. The lowest BCUT2D eigenvalue weighted by atomic mass is 10.1. The number of aromatic nitrogens is 1. The van der Waals surface area contributed by atoms with Crippen LogP contribution in [-0.4, -0.2) is 25.0 Å². The first-order chi connectivity index (χ1) is 8.97. The van der Waals surface area contributed by atoms with Crippen LogP contribution >= 0.6 is 11.3 Å². The number of hydrogen-bond donors (Lipinski definition) is 1. The van der Waals surface area contributed by atoms with Gasteiger partial charge in [-0.2, -0.15) is 0 Å². The number of hydrogen-bond acceptors (Lipinski definition) is 4. The molecule has 1 heterocycles. The average molecular weight is 276 g/mol. The van der Waals surface area contributed by atoms with Crippen LogP contribution in [0.3, 0.4) is 0 Å². The van der Waals surface area contributed by atoms with Gasteiger partial charge in [0, 0.05) is 11.1 Å². The van der Waals surface area contributed by atoms with E-state index in [0.29, 0.717) is 5.69 Å². The highest BCUT2D eigenvalue weighted by Crippen LogP contribution is 2.27. The van der Waals surface area contributed by atoms with Crippen molar-refractivity contribution in [2.75, 3.05) is 14.1 Å². The number of quaternary nitrogens is 1. The maximum Gasteiger partial charge on any atom is 0.124 e. The molecule has 1 aromatic carbocycles. The number of carboxylic acid groups (broad SMARTS) is 1. The fourth-order valence-electron chi connectivity index (χ4n) is 1.88. The summed E-state index contributed by atoms with van der Waals surface area (Å²) in [4.78, 5) is 16.7. The molecule has 19 heavy (non-hydrogen) atoms. The van der Waals surface area contributed by atoms with E-state index in [0.717, 1.165) is 28.5 Å². The summed E-state index contributed by atoms with van der Waals surface area (Å²) in [5.74, 6) is -1.16. The first-order valence-electron chi connectivity index (χ1n) is 6.04. The summed E-state index contributed by atoms with van der Waals surface area (Å²) < 4.78 is 0. The van der Waals surface area contributed by atoms with E-state index >= 15 is 0 Å². The lowest BCUT2D eigenvalue weighted by Gasteiger charge is -2.07. The number of rotatable bonds is 4.